The van der Waals surface area contributed by atoms with Gasteiger partial charge in [0.05, 0.1) is 0 Å². The van der Waals surface area contributed by atoms with Gasteiger partial charge in [-0.1, -0.05) is 0 Å². The van der Waals surface area contributed by atoms with E-state index in [0.29, 0.717) is 0 Å². The summed E-state index contributed by atoms with van der Waals surface area (Å²) in [5, 5.41) is 0. The van der Waals surface area contributed by atoms with Crippen LogP contribution in [0, 0.1) is 0 Å². The van der Waals surface area contributed by atoms with E-state index in [-0.39, 0.29) is 22.9 Å². The van der Waals surface area contributed by atoms with Gasteiger partial charge in [0.25, 0.3) is 0 Å². The molecule has 1 rings (SSSR count). The molecule has 1 aliphatic rings. The van der Waals surface area contributed by atoms with Crippen molar-refractivity contribution < 1.29 is 0 Å². The summed E-state index contributed by atoms with van der Waals surface area (Å²) in [6.45, 7) is 6.51. The van der Waals surface area contributed by atoms with Gasteiger partial charge in [-0.2, -0.15) is 0 Å². The average molecular weight is 285 g/mol. The Morgan fingerprint density at radius 2 is 1.77 bits per heavy atom. The topological polar surface area (TPSA) is 3.24 Å². The van der Waals surface area contributed by atoms with Crippen LogP contribution in [0.4, 0.5) is 0 Å². The van der Waals surface area contributed by atoms with E-state index in [1.807, 2.05) is 0 Å². The van der Waals surface area contributed by atoms with Gasteiger partial charge < -0.3 is 0 Å². The van der Waals surface area contributed by atoms with E-state index in [1.165, 1.54) is 51.7 Å². The minimum absolute atomic E-state index is 0.183. The van der Waals surface area contributed by atoms with Crippen LogP contribution in [0.25, 0.3) is 0 Å². The molecule has 0 radical (unpaired) electrons. The van der Waals surface area contributed by atoms with Crippen molar-refractivity contribution in [1.29, 1.82) is 0 Å². The fraction of sp³-hybridized carbons (Fsp3) is 1.00. The van der Waals surface area contributed by atoms with Crippen molar-refractivity contribution >= 4 is 22.9 Å². The summed E-state index contributed by atoms with van der Waals surface area (Å²) in [5.74, 6) is 0. The molecule has 0 aromatic rings. The second-order valence-corrected chi connectivity index (χ2v) is 10.4. The summed E-state index contributed by atoms with van der Waals surface area (Å²) in [4.78, 5) is 2.71. The zero-order valence-electron chi connectivity index (χ0n) is 9.23. The van der Waals surface area contributed by atoms with Crippen LogP contribution in [0.15, 0.2) is 0 Å². The third-order valence-corrected chi connectivity index (χ3v) is 8.73. The maximum absolute atomic E-state index is 2.71. The Morgan fingerprint density at radius 3 is 2.38 bits per heavy atom. The second kappa shape index (κ2) is 8.16. The molecule has 0 unspecified atom stereocenters. The van der Waals surface area contributed by atoms with Gasteiger partial charge in [0.1, 0.15) is 0 Å². The van der Waals surface area contributed by atoms with Gasteiger partial charge >= 0.3 is 94.8 Å². The summed E-state index contributed by atoms with van der Waals surface area (Å²) in [7, 11) is 0. The molecule has 1 saturated heterocycles. The SMILES string of the molecule is CCCCCN1CC[CH2][InH][CH2]CC1. The second-order valence-electron chi connectivity index (χ2n) is 4.32. The molecule has 0 atom stereocenters. The summed E-state index contributed by atoms with van der Waals surface area (Å²) < 4.78 is 3.35. The van der Waals surface area contributed by atoms with Gasteiger partial charge in [0, 0.05) is 0 Å². The Morgan fingerprint density at radius 1 is 1.08 bits per heavy atom. The first kappa shape index (κ1) is 11.9. The Bertz CT molecular complexity index is 109. The Balaban J connectivity index is 2.06. The molecule has 0 aromatic carbocycles. The predicted molar refractivity (Wildman–Crippen MR) is 62.0 cm³/mol. The van der Waals surface area contributed by atoms with Crippen LogP contribution in [0.5, 0.6) is 0 Å². The average Bonchev–Trinajstić information content (AvgIpc) is 2.08. The van der Waals surface area contributed by atoms with Crippen molar-refractivity contribution in [3.8, 4) is 0 Å². The number of hydrogen-bond donors (Lipinski definition) is 0. The van der Waals surface area contributed by atoms with Crippen molar-refractivity contribution in [3.63, 3.8) is 0 Å². The fourth-order valence-electron chi connectivity index (χ4n) is 2.12. The molecule has 1 aliphatic heterocycles. The standard InChI is InChI=1S/C11H23N.In.H/c1-4-7-8-11-12(9-5-2)10-6-3;;/h2-11H2,1H3;;. The van der Waals surface area contributed by atoms with Crippen LogP contribution in [-0.4, -0.2) is 47.4 Å². The quantitative estimate of drug-likeness (QED) is 0.718. The Kier molecular flexibility index (Phi) is 7.48. The van der Waals surface area contributed by atoms with E-state index in [4.69, 9.17) is 0 Å². The summed E-state index contributed by atoms with van der Waals surface area (Å²) in [6, 6.07) is 0. The normalized spacial score (nSPS) is 20.4. The molecule has 0 amide bonds. The number of hydrogen-bond acceptors (Lipinski definition) is 1. The van der Waals surface area contributed by atoms with Crippen molar-refractivity contribution in [2.75, 3.05) is 19.6 Å². The first-order valence-electron chi connectivity index (χ1n) is 6.16. The molecular weight excluding hydrogens is 261 g/mol. The maximum atomic E-state index is 2.71. The predicted octanol–water partition coefficient (Wildman–Crippen LogP) is 2.55. The Hall–Kier alpha value is 0.830. The molecule has 0 spiro atoms. The molecular formula is C11H24InN. The first-order chi connectivity index (χ1) is 6.43. The van der Waals surface area contributed by atoms with Crippen LogP contribution in [0.2, 0.25) is 8.35 Å². The Labute approximate surface area is 94.6 Å². The number of rotatable bonds is 4. The first-order valence-corrected chi connectivity index (χ1v) is 11.9. The van der Waals surface area contributed by atoms with E-state index in [0.717, 1.165) is 0 Å². The molecule has 76 valence electrons. The van der Waals surface area contributed by atoms with Gasteiger partial charge in [0.15, 0.2) is 0 Å². The minimum atomic E-state index is -0.183. The van der Waals surface area contributed by atoms with Crippen molar-refractivity contribution in [2.24, 2.45) is 0 Å². The molecule has 0 saturated carbocycles. The van der Waals surface area contributed by atoms with Crippen molar-refractivity contribution in [3.05, 3.63) is 0 Å². The van der Waals surface area contributed by atoms with Crippen LogP contribution < -0.4 is 0 Å². The zero-order chi connectivity index (χ0) is 9.36. The molecule has 0 N–H and O–H groups in total. The summed E-state index contributed by atoms with van der Waals surface area (Å²) >= 11 is -0.183. The van der Waals surface area contributed by atoms with E-state index < -0.39 is 0 Å². The van der Waals surface area contributed by atoms with E-state index in [9.17, 15) is 0 Å². The molecule has 1 heterocycles. The van der Waals surface area contributed by atoms with Crippen molar-refractivity contribution in [2.45, 2.75) is 47.4 Å². The molecule has 0 aliphatic carbocycles. The summed E-state index contributed by atoms with van der Waals surface area (Å²) in [6.07, 6.45) is 7.28. The van der Waals surface area contributed by atoms with Gasteiger partial charge in [-0.05, 0) is 0 Å². The summed E-state index contributed by atoms with van der Waals surface area (Å²) in [5.41, 5.74) is 0. The van der Waals surface area contributed by atoms with Gasteiger partial charge in [-0.15, -0.1) is 0 Å². The van der Waals surface area contributed by atoms with Crippen LogP contribution in [0.3, 0.4) is 0 Å². The fourth-order valence-corrected chi connectivity index (χ4v) is 6.43. The number of unbranched alkanes of at least 4 members (excludes halogenated alkanes) is 2. The monoisotopic (exact) mass is 285 g/mol. The molecule has 2 heteroatoms. The molecule has 1 fully saturated rings. The van der Waals surface area contributed by atoms with E-state index in [2.05, 4.69) is 11.8 Å². The molecule has 13 heavy (non-hydrogen) atoms. The molecule has 0 bridgehead atoms. The van der Waals surface area contributed by atoms with Crippen LogP contribution in [-0.2, 0) is 0 Å². The van der Waals surface area contributed by atoms with Gasteiger partial charge in [-0.3, -0.25) is 0 Å². The van der Waals surface area contributed by atoms with Crippen LogP contribution in [0.1, 0.15) is 39.0 Å². The third-order valence-electron chi connectivity index (χ3n) is 3.03. The van der Waals surface area contributed by atoms with E-state index in [1.54, 1.807) is 8.35 Å². The van der Waals surface area contributed by atoms with Crippen molar-refractivity contribution in [1.82, 2.24) is 4.90 Å². The third kappa shape index (κ3) is 6.01. The number of nitrogens with zero attached hydrogens (tertiary/aromatic N) is 1. The molecule has 1 nitrogen and oxygen atoms in total. The van der Waals surface area contributed by atoms with Gasteiger partial charge in [0.2, 0.25) is 0 Å². The van der Waals surface area contributed by atoms with Crippen LogP contribution >= 0.6 is 0 Å². The van der Waals surface area contributed by atoms with Gasteiger partial charge in [-0.25, -0.2) is 0 Å². The zero-order valence-corrected chi connectivity index (χ0v) is 13.3. The van der Waals surface area contributed by atoms with E-state index >= 15 is 0 Å². The molecule has 0 aromatic heterocycles.